The average Bonchev–Trinajstić information content (AvgIpc) is 3.46. The molecule has 10 heteroatoms. The molecule has 0 bridgehead atoms. The highest BCUT2D eigenvalue weighted by Crippen LogP contribution is 2.26. The minimum atomic E-state index is -3.53. The number of nitrogens with one attached hydrogen (secondary N) is 2. The fourth-order valence-corrected chi connectivity index (χ4v) is 4.87. The van der Waals surface area contributed by atoms with Gasteiger partial charge in [0.25, 0.3) is 0 Å². The molecule has 1 fully saturated rings. The molecule has 1 aliphatic carbocycles. The van der Waals surface area contributed by atoms with E-state index < -0.39 is 27.7 Å². The number of fused-ring (bicyclic) bond motifs is 1. The molecule has 32 heavy (non-hydrogen) atoms. The van der Waals surface area contributed by atoms with E-state index in [1.54, 1.807) is 12.1 Å². The van der Waals surface area contributed by atoms with Gasteiger partial charge in [0.2, 0.25) is 15.9 Å². The molecular formula is C22H24F2N4O3S. The molecule has 1 amide bonds. The fourth-order valence-electron chi connectivity index (χ4n) is 3.56. The highest BCUT2D eigenvalue weighted by molar-refractivity contribution is 7.89. The molecule has 170 valence electrons. The summed E-state index contributed by atoms with van der Waals surface area (Å²) < 4.78 is 56.0. The summed E-state index contributed by atoms with van der Waals surface area (Å²) in [6.07, 6.45) is 3.11. The molecule has 4 rings (SSSR count). The molecule has 1 aliphatic rings. The van der Waals surface area contributed by atoms with Crippen molar-refractivity contribution in [2.24, 2.45) is 5.92 Å². The van der Waals surface area contributed by atoms with E-state index in [9.17, 15) is 22.0 Å². The van der Waals surface area contributed by atoms with E-state index in [2.05, 4.69) is 15.0 Å². The number of hydrogen-bond donors (Lipinski definition) is 2. The number of carbonyl (C=O) groups is 1. The van der Waals surface area contributed by atoms with Crippen LogP contribution in [-0.2, 0) is 21.4 Å². The van der Waals surface area contributed by atoms with Crippen molar-refractivity contribution in [1.82, 2.24) is 19.6 Å². The lowest BCUT2D eigenvalue weighted by atomic mass is 10.0. The highest BCUT2D eigenvalue weighted by atomic mass is 32.2. The summed E-state index contributed by atoms with van der Waals surface area (Å²) >= 11 is 0. The third kappa shape index (κ3) is 4.66. The number of imidazole rings is 1. The summed E-state index contributed by atoms with van der Waals surface area (Å²) in [5.41, 5.74) is 1.32. The summed E-state index contributed by atoms with van der Waals surface area (Å²) in [6.45, 7) is 3.89. The van der Waals surface area contributed by atoms with Crippen molar-refractivity contribution < 1.29 is 22.0 Å². The van der Waals surface area contributed by atoms with Gasteiger partial charge < -0.3 is 9.88 Å². The molecule has 3 aromatic rings. The SMILES string of the molecule is CC(C)C(C(=O)NCc1ccc(S(=O)(=O)NC2CC2)cc1)n1cnc2cc(F)c(F)cc21. The van der Waals surface area contributed by atoms with Gasteiger partial charge in [0.15, 0.2) is 11.6 Å². The topological polar surface area (TPSA) is 93.1 Å². The summed E-state index contributed by atoms with van der Waals surface area (Å²) in [5.74, 6) is -2.46. The molecule has 0 saturated heterocycles. The number of nitrogens with zero attached hydrogens (tertiary/aromatic N) is 2. The molecule has 2 aromatic carbocycles. The molecule has 1 saturated carbocycles. The fraction of sp³-hybridized carbons (Fsp3) is 0.364. The molecule has 0 spiro atoms. The van der Waals surface area contributed by atoms with Crippen LogP contribution in [0.15, 0.2) is 47.6 Å². The lowest BCUT2D eigenvalue weighted by Gasteiger charge is -2.22. The van der Waals surface area contributed by atoms with E-state index >= 15 is 0 Å². The van der Waals surface area contributed by atoms with E-state index in [-0.39, 0.29) is 34.8 Å². The van der Waals surface area contributed by atoms with Crippen molar-refractivity contribution in [1.29, 1.82) is 0 Å². The second-order valence-electron chi connectivity index (χ2n) is 8.35. The summed E-state index contributed by atoms with van der Waals surface area (Å²) in [4.78, 5) is 17.2. The van der Waals surface area contributed by atoms with Gasteiger partial charge in [-0.3, -0.25) is 4.79 Å². The number of aromatic nitrogens is 2. The second kappa shape index (κ2) is 8.59. The van der Waals surface area contributed by atoms with Gasteiger partial charge >= 0.3 is 0 Å². The van der Waals surface area contributed by atoms with Crippen molar-refractivity contribution in [3.05, 3.63) is 59.9 Å². The van der Waals surface area contributed by atoms with Crippen molar-refractivity contribution >= 4 is 27.0 Å². The van der Waals surface area contributed by atoms with E-state index in [4.69, 9.17) is 0 Å². The Morgan fingerprint density at radius 2 is 1.81 bits per heavy atom. The molecule has 1 aromatic heterocycles. The molecule has 7 nitrogen and oxygen atoms in total. The Morgan fingerprint density at radius 1 is 1.16 bits per heavy atom. The first-order chi connectivity index (χ1) is 15.2. The normalized spacial score (nSPS) is 15.3. The Bertz CT molecular complexity index is 1250. The third-order valence-corrected chi connectivity index (χ3v) is 6.95. The predicted octanol–water partition coefficient (Wildman–Crippen LogP) is 3.27. The average molecular weight is 463 g/mol. The van der Waals surface area contributed by atoms with Gasteiger partial charge in [-0.05, 0) is 36.5 Å². The van der Waals surface area contributed by atoms with Crippen LogP contribution in [0.3, 0.4) is 0 Å². The number of sulfonamides is 1. The highest BCUT2D eigenvalue weighted by Gasteiger charge is 2.28. The van der Waals surface area contributed by atoms with Crippen LogP contribution in [0.1, 0.15) is 38.3 Å². The van der Waals surface area contributed by atoms with Crippen molar-refractivity contribution in [3.63, 3.8) is 0 Å². The Balaban J connectivity index is 1.48. The zero-order chi connectivity index (χ0) is 23.0. The van der Waals surface area contributed by atoms with Crippen LogP contribution in [0, 0.1) is 17.6 Å². The first kappa shape index (κ1) is 22.3. The van der Waals surface area contributed by atoms with E-state index in [0.29, 0.717) is 5.52 Å². The van der Waals surface area contributed by atoms with Gasteiger partial charge in [0.05, 0.1) is 22.3 Å². The van der Waals surface area contributed by atoms with Crippen LogP contribution >= 0.6 is 0 Å². The van der Waals surface area contributed by atoms with Crippen LogP contribution in [0.2, 0.25) is 0 Å². The van der Waals surface area contributed by atoms with Gasteiger partial charge in [-0.15, -0.1) is 0 Å². The number of rotatable bonds is 8. The second-order valence-corrected chi connectivity index (χ2v) is 10.1. The Kier molecular flexibility index (Phi) is 6.00. The van der Waals surface area contributed by atoms with Gasteiger partial charge in [0, 0.05) is 24.7 Å². The molecule has 1 unspecified atom stereocenters. The maximum atomic E-state index is 13.8. The number of halogens is 2. The lowest BCUT2D eigenvalue weighted by Crippen LogP contribution is -2.35. The summed E-state index contributed by atoms with van der Waals surface area (Å²) in [6, 6.07) is 7.69. The van der Waals surface area contributed by atoms with Crippen LogP contribution in [-0.4, -0.2) is 29.9 Å². The standard InChI is InChI=1S/C22H24F2N4O3S/c1-13(2)21(28-12-26-19-9-17(23)18(24)10-20(19)28)22(29)25-11-14-3-7-16(8-4-14)32(30,31)27-15-5-6-15/h3-4,7-10,12-13,15,21,27H,5-6,11H2,1-2H3,(H,25,29). The molecular weight excluding hydrogens is 438 g/mol. The minimum absolute atomic E-state index is 0.0242. The third-order valence-electron chi connectivity index (χ3n) is 5.42. The lowest BCUT2D eigenvalue weighted by molar-refractivity contribution is -0.125. The number of amides is 1. The number of hydrogen-bond acceptors (Lipinski definition) is 4. The van der Waals surface area contributed by atoms with E-state index in [0.717, 1.165) is 30.5 Å². The molecule has 1 heterocycles. The predicted molar refractivity (Wildman–Crippen MR) is 115 cm³/mol. The number of carbonyl (C=O) groups excluding carboxylic acids is 1. The van der Waals surface area contributed by atoms with Crippen molar-refractivity contribution in [2.45, 2.75) is 50.2 Å². The zero-order valence-corrected chi connectivity index (χ0v) is 18.5. The van der Waals surface area contributed by atoms with E-state index in [1.807, 2.05) is 13.8 Å². The molecule has 1 atom stereocenters. The van der Waals surface area contributed by atoms with Crippen LogP contribution in [0.4, 0.5) is 8.78 Å². The van der Waals surface area contributed by atoms with Crippen LogP contribution in [0.25, 0.3) is 11.0 Å². The quantitative estimate of drug-likeness (QED) is 0.537. The van der Waals surface area contributed by atoms with Gasteiger partial charge in [-0.25, -0.2) is 26.9 Å². The first-order valence-corrected chi connectivity index (χ1v) is 11.8. The van der Waals surface area contributed by atoms with Crippen molar-refractivity contribution in [3.8, 4) is 0 Å². The Morgan fingerprint density at radius 3 is 2.44 bits per heavy atom. The Labute approximate surface area is 184 Å². The molecule has 0 aliphatic heterocycles. The number of benzene rings is 2. The van der Waals surface area contributed by atoms with E-state index in [1.165, 1.54) is 23.0 Å². The smallest absolute Gasteiger partial charge is 0.243 e. The van der Waals surface area contributed by atoms with Crippen molar-refractivity contribution in [2.75, 3.05) is 0 Å². The monoisotopic (exact) mass is 462 g/mol. The largest absolute Gasteiger partial charge is 0.350 e. The Hall–Kier alpha value is -2.85. The van der Waals surface area contributed by atoms with Gasteiger partial charge in [0.1, 0.15) is 6.04 Å². The molecule has 2 N–H and O–H groups in total. The van der Waals surface area contributed by atoms with Gasteiger partial charge in [-0.2, -0.15) is 0 Å². The zero-order valence-electron chi connectivity index (χ0n) is 17.7. The van der Waals surface area contributed by atoms with Crippen LogP contribution < -0.4 is 10.0 Å². The first-order valence-electron chi connectivity index (χ1n) is 10.4. The van der Waals surface area contributed by atoms with Gasteiger partial charge in [-0.1, -0.05) is 26.0 Å². The maximum Gasteiger partial charge on any atom is 0.243 e. The van der Waals surface area contributed by atoms with Crippen LogP contribution in [0.5, 0.6) is 0 Å². The summed E-state index contributed by atoms with van der Waals surface area (Å²) in [5, 5.41) is 2.84. The minimum Gasteiger partial charge on any atom is -0.350 e. The maximum absolute atomic E-state index is 13.8. The molecule has 0 radical (unpaired) electrons. The summed E-state index contributed by atoms with van der Waals surface area (Å²) in [7, 11) is -3.53.